The Morgan fingerprint density at radius 1 is 1.33 bits per heavy atom. The summed E-state index contributed by atoms with van der Waals surface area (Å²) in [6.07, 6.45) is 1.55. The van der Waals surface area contributed by atoms with Crippen molar-refractivity contribution in [3.8, 4) is 0 Å². The molecule has 0 radical (unpaired) electrons. The van der Waals surface area contributed by atoms with Gasteiger partial charge in [-0.25, -0.2) is 9.97 Å². The van der Waals surface area contributed by atoms with Crippen LogP contribution in [0.4, 0.5) is 0 Å². The van der Waals surface area contributed by atoms with E-state index in [1.54, 1.807) is 18.5 Å². The van der Waals surface area contributed by atoms with Crippen molar-refractivity contribution in [1.29, 1.82) is 0 Å². The molecule has 0 fully saturated rings. The smallest absolute Gasteiger partial charge is 0.262 e. The molecule has 3 heterocycles. The van der Waals surface area contributed by atoms with Gasteiger partial charge in [-0.3, -0.25) is 9.36 Å². The highest BCUT2D eigenvalue weighted by atomic mass is 35.5. The van der Waals surface area contributed by atoms with Crippen molar-refractivity contribution in [2.45, 2.75) is 6.54 Å². The van der Waals surface area contributed by atoms with Crippen LogP contribution < -0.4 is 5.56 Å². The van der Waals surface area contributed by atoms with Gasteiger partial charge >= 0.3 is 0 Å². The topological polar surface area (TPSA) is 47.8 Å². The summed E-state index contributed by atoms with van der Waals surface area (Å²) in [6, 6.07) is 7.13. The van der Waals surface area contributed by atoms with E-state index >= 15 is 0 Å². The highest BCUT2D eigenvalue weighted by Crippen LogP contribution is 2.13. The summed E-state index contributed by atoms with van der Waals surface area (Å²) in [6.45, 7) is 0.373. The first-order valence-electron chi connectivity index (χ1n) is 5.28. The highest BCUT2D eigenvalue weighted by molar-refractivity contribution is 7.16. The summed E-state index contributed by atoms with van der Waals surface area (Å²) in [5.41, 5.74) is 0.684. The summed E-state index contributed by atoms with van der Waals surface area (Å²) in [4.78, 5) is 21.3. The number of thiophene rings is 1. The zero-order valence-corrected chi connectivity index (χ0v) is 10.8. The fourth-order valence-electron chi connectivity index (χ4n) is 1.72. The first-order valence-corrected chi connectivity index (χ1v) is 6.54. The molecule has 3 aromatic heterocycles. The molecule has 0 aromatic carbocycles. The number of rotatable bonds is 2. The summed E-state index contributed by atoms with van der Waals surface area (Å²) < 4.78 is 1.54. The maximum Gasteiger partial charge on any atom is 0.262 e. The fraction of sp³-hybridized carbons (Fsp3) is 0.0833. The molecule has 0 saturated carbocycles. The molecule has 18 heavy (non-hydrogen) atoms. The van der Waals surface area contributed by atoms with E-state index in [-0.39, 0.29) is 5.56 Å². The Labute approximate surface area is 112 Å². The Kier molecular flexibility index (Phi) is 2.85. The Bertz CT molecular complexity index is 765. The predicted octanol–water partition coefficient (Wildman–Crippen LogP) is 2.55. The van der Waals surface area contributed by atoms with Gasteiger partial charge < -0.3 is 0 Å². The molecule has 0 unspecified atom stereocenters. The number of pyridine rings is 1. The van der Waals surface area contributed by atoms with Crippen LogP contribution in [0.2, 0.25) is 5.15 Å². The van der Waals surface area contributed by atoms with Gasteiger partial charge in [0.1, 0.15) is 9.98 Å². The largest absolute Gasteiger partial charge is 0.293 e. The average Bonchev–Trinajstić information content (AvgIpc) is 2.82. The third-order valence-corrected chi connectivity index (χ3v) is 3.59. The third-order valence-electron chi connectivity index (χ3n) is 2.56. The molecule has 0 N–H and O–H groups in total. The molecule has 0 amide bonds. The quantitative estimate of drug-likeness (QED) is 0.677. The van der Waals surface area contributed by atoms with Crippen LogP contribution in [0.15, 0.2) is 40.8 Å². The normalized spacial score (nSPS) is 10.9. The van der Waals surface area contributed by atoms with E-state index in [0.717, 1.165) is 10.5 Å². The summed E-state index contributed by atoms with van der Waals surface area (Å²) in [5.74, 6) is 0. The van der Waals surface area contributed by atoms with Gasteiger partial charge in [0, 0.05) is 0 Å². The van der Waals surface area contributed by atoms with Crippen LogP contribution in [0.3, 0.4) is 0 Å². The molecule has 3 aromatic rings. The molecular weight excluding hydrogens is 270 g/mol. The van der Waals surface area contributed by atoms with E-state index in [0.29, 0.717) is 17.1 Å². The Morgan fingerprint density at radius 3 is 3.06 bits per heavy atom. The lowest BCUT2D eigenvalue weighted by Crippen LogP contribution is -2.20. The zero-order valence-electron chi connectivity index (χ0n) is 9.21. The number of aromatic nitrogens is 3. The molecule has 3 rings (SSSR count). The lowest BCUT2D eigenvalue weighted by Gasteiger charge is -2.04. The summed E-state index contributed by atoms with van der Waals surface area (Å²) in [7, 11) is 0. The summed E-state index contributed by atoms with van der Waals surface area (Å²) >= 11 is 7.27. The van der Waals surface area contributed by atoms with Crippen molar-refractivity contribution in [1.82, 2.24) is 14.5 Å². The van der Waals surface area contributed by atoms with Gasteiger partial charge in [0.25, 0.3) is 5.56 Å². The van der Waals surface area contributed by atoms with Gasteiger partial charge in [-0.1, -0.05) is 17.7 Å². The minimum absolute atomic E-state index is 0.0528. The molecule has 0 aliphatic carbocycles. The predicted molar refractivity (Wildman–Crippen MR) is 72.2 cm³/mol. The molecule has 0 aliphatic heterocycles. The molecule has 6 heteroatoms. The van der Waals surface area contributed by atoms with Gasteiger partial charge in [0.2, 0.25) is 0 Å². The highest BCUT2D eigenvalue weighted by Gasteiger charge is 2.06. The molecule has 0 aliphatic rings. The van der Waals surface area contributed by atoms with Crippen molar-refractivity contribution >= 4 is 33.2 Å². The summed E-state index contributed by atoms with van der Waals surface area (Å²) in [5, 5.41) is 2.93. The maximum atomic E-state index is 12.1. The molecule has 0 saturated heterocycles. The van der Waals surface area contributed by atoms with Crippen molar-refractivity contribution in [2.24, 2.45) is 0 Å². The monoisotopic (exact) mass is 277 g/mol. The number of hydrogen-bond acceptors (Lipinski definition) is 4. The second-order valence-electron chi connectivity index (χ2n) is 3.77. The van der Waals surface area contributed by atoms with Gasteiger partial charge in [-0.05, 0) is 23.6 Å². The van der Waals surface area contributed by atoms with E-state index < -0.39 is 0 Å². The Balaban J connectivity index is 2.05. The zero-order chi connectivity index (χ0) is 12.5. The molecular formula is C12H8ClN3OS. The minimum atomic E-state index is -0.0528. The van der Waals surface area contributed by atoms with Crippen molar-refractivity contribution in [3.63, 3.8) is 0 Å². The first kappa shape index (κ1) is 11.4. The fourth-order valence-corrected chi connectivity index (χ4v) is 2.62. The van der Waals surface area contributed by atoms with E-state index in [2.05, 4.69) is 9.97 Å². The van der Waals surface area contributed by atoms with E-state index in [9.17, 15) is 4.79 Å². The van der Waals surface area contributed by atoms with Crippen molar-refractivity contribution < 1.29 is 0 Å². The van der Waals surface area contributed by atoms with Crippen LogP contribution in [-0.4, -0.2) is 14.5 Å². The van der Waals surface area contributed by atoms with Crippen LogP contribution in [0.1, 0.15) is 5.69 Å². The minimum Gasteiger partial charge on any atom is -0.293 e. The maximum absolute atomic E-state index is 12.1. The van der Waals surface area contributed by atoms with E-state index in [1.165, 1.54) is 15.9 Å². The average molecular weight is 278 g/mol. The number of halogens is 1. The first-order chi connectivity index (χ1) is 8.74. The van der Waals surface area contributed by atoms with E-state index in [1.807, 2.05) is 17.5 Å². The lowest BCUT2D eigenvalue weighted by molar-refractivity contribution is 0.731. The number of fused-ring (bicyclic) bond motifs is 1. The molecule has 90 valence electrons. The molecule has 4 nitrogen and oxygen atoms in total. The van der Waals surface area contributed by atoms with Crippen molar-refractivity contribution in [3.05, 3.63) is 57.2 Å². The molecule has 0 atom stereocenters. The van der Waals surface area contributed by atoms with Crippen LogP contribution in [-0.2, 0) is 6.54 Å². The van der Waals surface area contributed by atoms with Crippen LogP contribution in [0.25, 0.3) is 10.2 Å². The van der Waals surface area contributed by atoms with Gasteiger partial charge in [0.15, 0.2) is 0 Å². The standard InChI is InChI=1S/C12H8ClN3OS/c13-10-3-1-2-8(15-10)6-16-7-14-11-9(12(16)17)4-5-18-11/h1-5,7H,6H2. The molecule has 0 spiro atoms. The number of nitrogens with zero attached hydrogens (tertiary/aromatic N) is 3. The van der Waals surface area contributed by atoms with Crippen molar-refractivity contribution in [2.75, 3.05) is 0 Å². The second kappa shape index (κ2) is 4.51. The number of hydrogen-bond donors (Lipinski definition) is 0. The Morgan fingerprint density at radius 2 is 2.22 bits per heavy atom. The van der Waals surface area contributed by atoms with Gasteiger partial charge in [-0.15, -0.1) is 11.3 Å². The third kappa shape index (κ3) is 2.02. The van der Waals surface area contributed by atoms with E-state index in [4.69, 9.17) is 11.6 Å². The van der Waals surface area contributed by atoms with Crippen LogP contribution in [0, 0.1) is 0 Å². The lowest BCUT2D eigenvalue weighted by atomic mass is 10.3. The SMILES string of the molecule is O=c1c2ccsc2ncn1Cc1cccc(Cl)n1. The van der Waals surface area contributed by atoms with Gasteiger partial charge in [-0.2, -0.15) is 0 Å². The van der Waals surface area contributed by atoms with Crippen LogP contribution in [0.5, 0.6) is 0 Å². The van der Waals surface area contributed by atoms with Crippen LogP contribution >= 0.6 is 22.9 Å². The second-order valence-corrected chi connectivity index (χ2v) is 5.05. The Hall–Kier alpha value is -1.72. The van der Waals surface area contributed by atoms with Gasteiger partial charge in [0.05, 0.1) is 24.0 Å². The molecule has 0 bridgehead atoms.